The van der Waals surface area contributed by atoms with E-state index in [-0.39, 0.29) is 35.6 Å². The van der Waals surface area contributed by atoms with Crippen LogP contribution in [0.4, 0.5) is 0 Å². The Morgan fingerprint density at radius 2 is 1.38 bits per heavy atom. The number of hydrogen-bond acceptors (Lipinski definition) is 13. The molecule has 19 nitrogen and oxygen atoms in total. The molecule has 0 aromatic carbocycles. The summed E-state index contributed by atoms with van der Waals surface area (Å²) in [6, 6.07) is -7.38. The zero-order valence-electron chi connectivity index (χ0n) is 33.9. The molecular weight excluding hydrogens is 732 g/mol. The topological polar surface area (TPSA) is 239 Å². The number of cyclic esters (lactones) is 1. The van der Waals surface area contributed by atoms with Crippen molar-refractivity contribution in [1.29, 1.82) is 0 Å². The van der Waals surface area contributed by atoms with E-state index < -0.39 is 102 Å². The number of hydrogen-bond donors (Lipinski definition) is 6. The smallest absolute Gasteiger partial charge is 0.331 e. The molecule has 10 atom stereocenters. The van der Waals surface area contributed by atoms with E-state index in [4.69, 9.17) is 9.47 Å². The molecule has 10 unspecified atom stereocenters. The lowest BCUT2D eigenvalue weighted by molar-refractivity contribution is -0.197. The van der Waals surface area contributed by atoms with E-state index >= 15 is 0 Å². The first-order valence-corrected chi connectivity index (χ1v) is 20.0. The Hall–Kier alpha value is -3.91. The summed E-state index contributed by atoms with van der Waals surface area (Å²) < 4.78 is 12.2. The maximum absolute atomic E-state index is 14.7. The molecule has 4 aliphatic heterocycles. The highest BCUT2D eigenvalue weighted by Crippen LogP contribution is 2.33. The van der Waals surface area contributed by atoms with Crippen molar-refractivity contribution < 1.29 is 53.4 Å². The van der Waals surface area contributed by atoms with Gasteiger partial charge in [0, 0.05) is 13.1 Å². The molecule has 0 bridgehead atoms. The third-order valence-corrected chi connectivity index (χ3v) is 11.3. The molecule has 0 aliphatic carbocycles. The van der Waals surface area contributed by atoms with Crippen LogP contribution in [-0.2, 0) is 43.0 Å². The van der Waals surface area contributed by atoms with Gasteiger partial charge in [0.1, 0.15) is 30.3 Å². The van der Waals surface area contributed by atoms with E-state index in [0.29, 0.717) is 37.6 Å². The molecule has 0 aromatic heterocycles. The average Bonchev–Trinajstić information content (AvgIpc) is 3.18. The number of amides is 6. The van der Waals surface area contributed by atoms with Gasteiger partial charge >= 0.3 is 5.97 Å². The van der Waals surface area contributed by atoms with Crippen molar-refractivity contribution in [2.75, 3.05) is 19.6 Å². The maximum Gasteiger partial charge on any atom is 0.331 e. The lowest BCUT2D eigenvalue weighted by Crippen LogP contribution is -2.67. The van der Waals surface area contributed by atoms with Crippen molar-refractivity contribution in [2.45, 2.75) is 149 Å². The van der Waals surface area contributed by atoms with Gasteiger partial charge in [0.15, 0.2) is 6.04 Å². The molecule has 19 heteroatoms. The summed E-state index contributed by atoms with van der Waals surface area (Å²) in [5.74, 6) is -6.82. The molecule has 4 aliphatic rings. The van der Waals surface area contributed by atoms with Crippen LogP contribution in [-0.4, -0.2) is 140 Å². The Kier molecular flexibility index (Phi) is 15.6. The Bertz CT molecular complexity index is 1460. The van der Waals surface area contributed by atoms with E-state index in [2.05, 4.69) is 35.3 Å². The number of hydroxylamine groups is 4. The summed E-state index contributed by atoms with van der Waals surface area (Å²) in [7, 11) is 0. The molecule has 316 valence electrons. The molecule has 4 rings (SSSR count). The standard InChI is InChI=1S/C37H62N8O11/c1-19(2)17-25-13-14-28(55-24(25)8)21(5)32(47)41-30-31(20(3)4)56-37(52)23(7)45(54)34(49)26-11-9-15-39-42(26)29(46)18-38-33(48)22(6)44(53)35(50)27-12-10-16-40-43(27)36(30)51/h19-28,30-31,39-40,53-54H,9-18H2,1-8H3,(H,38,48)(H,41,47). The van der Waals surface area contributed by atoms with Gasteiger partial charge in [-0.1, -0.05) is 34.6 Å². The van der Waals surface area contributed by atoms with Gasteiger partial charge in [0.2, 0.25) is 11.8 Å². The summed E-state index contributed by atoms with van der Waals surface area (Å²) in [6.45, 7) is 13.6. The van der Waals surface area contributed by atoms with Crippen molar-refractivity contribution in [1.82, 2.24) is 41.6 Å². The van der Waals surface area contributed by atoms with Crippen LogP contribution in [0.2, 0.25) is 0 Å². The largest absolute Gasteiger partial charge is 0.458 e. The zero-order valence-corrected chi connectivity index (χ0v) is 33.9. The third-order valence-electron chi connectivity index (χ3n) is 11.3. The fourth-order valence-electron chi connectivity index (χ4n) is 7.78. The molecule has 4 heterocycles. The first kappa shape index (κ1) is 44.8. The van der Waals surface area contributed by atoms with Gasteiger partial charge in [-0.25, -0.2) is 25.8 Å². The van der Waals surface area contributed by atoms with Crippen LogP contribution < -0.4 is 21.5 Å². The monoisotopic (exact) mass is 794 g/mol. The van der Waals surface area contributed by atoms with Crippen molar-refractivity contribution in [3.63, 3.8) is 0 Å². The number of nitrogens with zero attached hydrogens (tertiary/aromatic N) is 4. The second kappa shape index (κ2) is 19.5. The Morgan fingerprint density at radius 1 is 0.804 bits per heavy atom. The van der Waals surface area contributed by atoms with Gasteiger partial charge in [-0.05, 0) is 83.5 Å². The number of carbonyl (C=O) groups is 7. The van der Waals surface area contributed by atoms with Gasteiger partial charge in [-0.3, -0.25) is 49.2 Å². The first-order valence-electron chi connectivity index (χ1n) is 20.0. The highest BCUT2D eigenvalue weighted by molar-refractivity contribution is 5.96. The minimum atomic E-state index is -1.63. The predicted molar refractivity (Wildman–Crippen MR) is 197 cm³/mol. The molecule has 4 saturated heterocycles. The first-order chi connectivity index (χ1) is 26.3. The lowest BCUT2D eigenvalue weighted by atomic mass is 9.83. The number of hydrazine groups is 2. The molecule has 56 heavy (non-hydrogen) atoms. The quantitative estimate of drug-likeness (QED) is 0.156. The fraction of sp³-hybridized carbons (Fsp3) is 0.811. The van der Waals surface area contributed by atoms with E-state index in [1.165, 1.54) is 13.8 Å². The predicted octanol–water partition coefficient (Wildman–Crippen LogP) is 0.239. The highest BCUT2D eigenvalue weighted by atomic mass is 16.6. The molecule has 0 spiro atoms. The van der Waals surface area contributed by atoms with Crippen LogP contribution >= 0.6 is 0 Å². The number of ether oxygens (including phenoxy) is 2. The van der Waals surface area contributed by atoms with Crippen molar-refractivity contribution in [3.05, 3.63) is 0 Å². The Balaban J connectivity index is 1.71. The van der Waals surface area contributed by atoms with E-state index in [0.717, 1.165) is 22.9 Å². The lowest BCUT2D eigenvalue weighted by Gasteiger charge is -2.41. The third kappa shape index (κ3) is 10.3. The highest BCUT2D eigenvalue weighted by Gasteiger charge is 2.47. The number of carbonyl (C=O) groups excluding carboxylic acids is 7. The summed E-state index contributed by atoms with van der Waals surface area (Å²) in [4.78, 5) is 96.4. The van der Waals surface area contributed by atoms with Gasteiger partial charge in [-0.2, -0.15) is 0 Å². The number of rotatable bonds is 6. The normalized spacial score (nSPS) is 32.9. The minimum absolute atomic E-state index is 0.0661. The van der Waals surface area contributed by atoms with Gasteiger partial charge < -0.3 is 20.1 Å². The van der Waals surface area contributed by atoms with Gasteiger partial charge in [0.05, 0.1) is 24.7 Å². The Morgan fingerprint density at radius 3 is 1.95 bits per heavy atom. The van der Waals surface area contributed by atoms with Gasteiger partial charge in [0.25, 0.3) is 23.6 Å². The second-order valence-electron chi connectivity index (χ2n) is 16.3. The molecule has 4 fully saturated rings. The number of esters is 1. The van der Waals surface area contributed by atoms with Crippen LogP contribution in [0.1, 0.15) is 100 Å². The summed E-state index contributed by atoms with van der Waals surface area (Å²) >= 11 is 0. The summed E-state index contributed by atoms with van der Waals surface area (Å²) in [5.41, 5.74) is 5.67. The summed E-state index contributed by atoms with van der Waals surface area (Å²) in [6.07, 6.45) is 1.48. The fourth-order valence-corrected chi connectivity index (χ4v) is 7.78. The molecule has 6 amide bonds. The van der Waals surface area contributed by atoms with E-state index in [1.54, 1.807) is 20.8 Å². The van der Waals surface area contributed by atoms with E-state index in [1.807, 2.05) is 6.92 Å². The zero-order chi connectivity index (χ0) is 41.6. The molecule has 0 aromatic rings. The van der Waals surface area contributed by atoms with Crippen LogP contribution in [0.3, 0.4) is 0 Å². The summed E-state index contributed by atoms with van der Waals surface area (Å²) in [5, 5.41) is 29.5. The molecule has 0 saturated carbocycles. The average molecular weight is 795 g/mol. The van der Waals surface area contributed by atoms with Crippen molar-refractivity contribution in [2.24, 2.45) is 23.7 Å². The second-order valence-corrected chi connectivity index (χ2v) is 16.3. The van der Waals surface area contributed by atoms with Crippen LogP contribution in [0.5, 0.6) is 0 Å². The molecular formula is C37H62N8O11. The van der Waals surface area contributed by atoms with Crippen LogP contribution in [0, 0.1) is 23.7 Å². The Labute approximate surface area is 328 Å². The molecule has 0 radical (unpaired) electrons. The minimum Gasteiger partial charge on any atom is -0.458 e. The number of fused-ring (bicyclic) bond motifs is 2. The van der Waals surface area contributed by atoms with E-state index in [9.17, 15) is 44.0 Å². The van der Waals surface area contributed by atoms with Crippen LogP contribution in [0.25, 0.3) is 0 Å². The maximum atomic E-state index is 14.7. The van der Waals surface area contributed by atoms with Crippen molar-refractivity contribution >= 4 is 41.4 Å². The SMILES string of the molecule is CC(C)CC1CCC(C(C)C(=O)NC2C(=O)N3NCCCC3C(=O)N(O)C(C)C(=O)NCC(=O)N3NCCCC3C(=O)N(O)C(C)C(=O)OC2C(C)C)OC1C. The van der Waals surface area contributed by atoms with Crippen molar-refractivity contribution in [3.8, 4) is 0 Å². The van der Waals surface area contributed by atoms with Crippen LogP contribution in [0.15, 0.2) is 0 Å². The molecule has 6 N–H and O–H groups in total. The number of nitrogens with one attached hydrogen (secondary N) is 4. The van der Waals surface area contributed by atoms with Gasteiger partial charge in [-0.15, -0.1) is 0 Å².